The van der Waals surface area contributed by atoms with Gasteiger partial charge in [0.15, 0.2) is 5.96 Å². The van der Waals surface area contributed by atoms with E-state index in [9.17, 15) is 0 Å². The molecule has 0 saturated heterocycles. The van der Waals surface area contributed by atoms with Gasteiger partial charge in [-0.15, -0.1) is 0 Å². The summed E-state index contributed by atoms with van der Waals surface area (Å²) in [5.41, 5.74) is 0.0515. The lowest BCUT2D eigenvalue weighted by molar-refractivity contribution is -0.0657. The van der Waals surface area contributed by atoms with Crippen LogP contribution in [0, 0.1) is 0 Å². The largest absolute Gasteiger partial charge is 0.373 e. The lowest BCUT2D eigenvalue weighted by atomic mass is 9.84. The fourth-order valence-electron chi connectivity index (χ4n) is 2.78. The number of guanidine groups is 1. The summed E-state index contributed by atoms with van der Waals surface area (Å²) in [7, 11) is 0. The molecule has 1 aliphatic heterocycles. The van der Waals surface area contributed by atoms with E-state index in [1.54, 1.807) is 0 Å². The zero-order valence-electron chi connectivity index (χ0n) is 11.6. The van der Waals surface area contributed by atoms with Crippen LogP contribution in [0.25, 0.3) is 0 Å². The zero-order chi connectivity index (χ0) is 12.7. The summed E-state index contributed by atoms with van der Waals surface area (Å²) in [4.78, 5) is 4.46. The number of nitrogens with one attached hydrogen (secondary N) is 2. The Labute approximate surface area is 111 Å². The number of rotatable bonds is 5. The number of hydrogen-bond acceptors (Lipinski definition) is 4. The first-order chi connectivity index (χ1) is 8.85. The van der Waals surface area contributed by atoms with E-state index in [0.29, 0.717) is 0 Å². The Morgan fingerprint density at radius 1 is 1.28 bits per heavy atom. The molecule has 0 bridgehead atoms. The molecule has 0 atom stereocenters. The van der Waals surface area contributed by atoms with E-state index in [1.807, 2.05) is 0 Å². The van der Waals surface area contributed by atoms with Gasteiger partial charge in [-0.1, -0.05) is 26.2 Å². The molecule has 2 rings (SSSR count). The predicted molar refractivity (Wildman–Crippen MR) is 75.0 cm³/mol. The molecule has 104 valence electrons. The molecule has 0 unspecified atom stereocenters. The van der Waals surface area contributed by atoms with Crippen molar-refractivity contribution in [1.82, 2.24) is 10.6 Å². The number of ether oxygens (including phenoxy) is 1. The van der Waals surface area contributed by atoms with Crippen molar-refractivity contribution >= 4 is 5.96 Å². The summed E-state index contributed by atoms with van der Waals surface area (Å²) in [5, 5.41) is 6.77. The van der Waals surface area contributed by atoms with Crippen LogP contribution in [0.4, 0.5) is 0 Å². The van der Waals surface area contributed by atoms with E-state index in [-0.39, 0.29) is 5.60 Å². The molecule has 4 nitrogen and oxygen atoms in total. The Balaban J connectivity index is 1.85. The van der Waals surface area contributed by atoms with E-state index in [1.165, 1.54) is 32.1 Å². The summed E-state index contributed by atoms with van der Waals surface area (Å²) >= 11 is 0. The first kappa shape index (κ1) is 13.7. The highest BCUT2D eigenvalue weighted by atomic mass is 16.5. The van der Waals surface area contributed by atoms with Crippen molar-refractivity contribution < 1.29 is 4.74 Å². The van der Waals surface area contributed by atoms with Gasteiger partial charge in [0.05, 0.1) is 5.60 Å². The van der Waals surface area contributed by atoms with Crippen molar-refractivity contribution in [3.8, 4) is 0 Å². The minimum Gasteiger partial charge on any atom is -0.373 e. The minimum atomic E-state index is 0.0515. The molecule has 0 amide bonds. The summed E-state index contributed by atoms with van der Waals surface area (Å²) < 4.78 is 6.17. The Morgan fingerprint density at radius 2 is 2.11 bits per heavy atom. The van der Waals surface area contributed by atoms with Crippen molar-refractivity contribution in [2.24, 2.45) is 4.99 Å². The van der Waals surface area contributed by atoms with Gasteiger partial charge in [0.1, 0.15) is 0 Å². The Bertz CT molecular complexity index is 272. The molecule has 1 fully saturated rings. The number of aliphatic imine (C=N–C) groups is 1. The van der Waals surface area contributed by atoms with Gasteiger partial charge in [-0.2, -0.15) is 0 Å². The van der Waals surface area contributed by atoms with E-state index in [2.05, 4.69) is 22.5 Å². The third-order valence-electron chi connectivity index (χ3n) is 3.85. The Morgan fingerprint density at radius 3 is 2.78 bits per heavy atom. The predicted octanol–water partition coefficient (Wildman–Crippen LogP) is 2.05. The Kier molecular flexibility index (Phi) is 5.29. The van der Waals surface area contributed by atoms with Gasteiger partial charge in [-0.05, 0) is 25.7 Å². The molecule has 0 aromatic carbocycles. The summed E-state index contributed by atoms with van der Waals surface area (Å²) in [5.74, 6) is 0.964. The van der Waals surface area contributed by atoms with Gasteiger partial charge in [0.25, 0.3) is 0 Å². The van der Waals surface area contributed by atoms with Crippen molar-refractivity contribution in [1.29, 1.82) is 0 Å². The van der Waals surface area contributed by atoms with E-state index < -0.39 is 0 Å². The number of hydrogen-bond donors (Lipinski definition) is 2. The van der Waals surface area contributed by atoms with Crippen LogP contribution in [-0.2, 0) is 4.74 Å². The smallest absolute Gasteiger partial charge is 0.191 e. The second-order valence-electron chi connectivity index (χ2n) is 5.46. The molecule has 2 aliphatic rings. The lowest BCUT2D eigenvalue weighted by Crippen LogP contribution is -2.50. The van der Waals surface area contributed by atoms with Gasteiger partial charge in [-0.3, -0.25) is 4.99 Å². The lowest BCUT2D eigenvalue weighted by Gasteiger charge is -2.38. The normalized spacial score (nSPS) is 23.1. The average Bonchev–Trinajstić information content (AvgIpc) is 2.45. The molecule has 0 radical (unpaired) electrons. The first-order valence-electron chi connectivity index (χ1n) is 7.51. The van der Waals surface area contributed by atoms with Crippen LogP contribution in [0.5, 0.6) is 0 Å². The third-order valence-corrected chi connectivity index (χ3v) is 3.85. The third kappa shape index (κ3) is 3.87. The number of nitrogens with zero attached hydrogens (tertiary/aromatic N) is 1. The van der Waals surface area contributed by atoms with Crippen LogP contribution >= 0.6 is 0 Å². The van der Waals surface area contributed by atoms with Crippen molar-refractivity contribution in [3.05, 3.63) is 0 Å². The van der Waals surface area contributed by atoms with Crippen molar-refractivity contribution in [3.63, 3.8) is 0 Å². The van der Waals surface area contributed by atoms with Crippen molar-refractivity contribution in [2.45, 2.75) is 57.5 Å². The fourth-order valence-corrected chi connectivity index (χ4v) is 2.78. The molecule has 18 heavy (non-hydrogen) atoms. The van der Waals surface area contributed by atoms with Crippen LogP contribution in [0.3, 0.4) is 0 Å². The highest BCUT2D eigenvalue weighted by Gasteiger charge is 2.32. The average molecular weight is 253 g/mol. The second kappa shape index (κ2) is 6.98. The van der Waals surface area contributed by atoms with Crippen LogP contribution < -0.4 is 10.6 Å². The van der Waals surface area contributed by atoms with Gasteiger partial charge in [-0.25, -0.2) is 0 Å². The summed E-state index contributed by atoms with van der Waals surface area (Å²) in [6, 6.07) is 0. The molecule has 2 N–H and O–H groups in total. The van der Waals surface area contributed by atoms with Crippen LogP contribution in [0.15, 0.2) is 4.99 Å². The molecular weight excluding hydrogens is 226 g/mol. The van der Waals surface area contributed by atoms with E-state index in [0.717, 1.165) is 45.0 Å². The topological polar surface area (TPSA) is 45.6 Å². The highest BCUT2D eigenvalue weighted by molar-refractivity contribution is 5.80. The molecule has 0 aromatic rings. The monoisotopic (exact) mass is 253 g/mol. The maximum atomic E-state index is 6.17. The maximum Gasteiger partial charge on any atom is 0.191 e. The van der Waals surface area contributed by atoms with E-state index in [4.69, 9.17) is 4.74 Å². The van der Waals surface area contributed by atoms with Gasteiger partial charge >= 0.3 is 0 Å². The molecule has 1 aliphatic carbocycles. The van der Waals surface area contributed by atoms with Gasteiger partial charge in [0.2, 0.25) is 0 Å². The van der Waals surface area contributed by atoms with E-state index >= 15 is 0 Å². The van der Waals surface area contributed by atoms with Crippen LogP contribution in [0.1, 0.15) is 51.9 Å². The second-order valence-corrected chi connectivity index (χ2v) is 5.46. The summed E-state index contributed by atoms with van der Waals surface area (Å²) in [6.07, 6.45) is 8.57. The zero-order valence-corrected chi connectivity index (χ0v) is 11.6. The fraction of sp³-hybridized carbons (Fsp3) is 0.929. The maximum absolute atomic E-state index is 6.17. The minimum absolute atomic E-state index is 0.0515. The molecule has 1 saturated carbocycles. The Hall–Kier alpha value is -0.770. The van der Waals surface area contributed by atoms with Gasteiger partial charge < -0.3 is 15.4 Å². The molecule has 1 heterocycles. The molecule has 0 aromatic heterocycles. The SMILES string of the molecule is CCCOC1(CNC2=NCCCN2)CCCCC1. The standard InChI is InChI=1S/C14H27N3O/c1-2-11-18-14(7-4-3-5-8-14)12-17-13-15-9-6-10-16-13/h2-12H2,1H3,(H2,15,16,17). The molecular formula is C14H27N3O. The first-order valence-corrected chi connectivity index (χ1v) is 7.51. The van der Waals surface area contributed by atoms with Gasteiger partial charge in [0, 0.05) is 26.2 Å². The summed E-state index contributed by atoms with van der Waals surface area (Å²) in [6.45, 7) is 5.93. The molecule has 4 heteroatoms. The van der Waals surface area contributed by atoms with Crippen LogP contribution in [0.2, 0.25) is 0 Å². The highest BCUT2D eigenvalue weighted by Crippen LogP contribution is 2.31. The van der Waals surface area contributed by atoms with Crippen LogP contribution in [-0.4, -0.2) is 37.8 Å². The quantitative estimate of drug-likeness (QED) is 0.788. The van der Waals surface area contributed by atoms with Crippen molar-refractivity contribution in [2.75, 3.05) is 26.2 Å². The molecule has 0 spiro atoms.